The first-order valence-electron chi connectivity index (χ1n) is 5.20. The van der Waals surface area contributed by atoms with E-state index in [0.717, 1.165) is 0 Å². The van der Waals surface area contributed by atoms with Crippen LogP contribution in [0.15, 0.2) is 18.2 Å². The van der Waals surface area contributed by atoms with Gasteiger partial charge in [0.1, 0.15) is 0 Å². The van der Waals surface area contributed by atoms with Crippen LogP contribution in [0.3, 0.4) is 0 Å². The second kappa shape index (κ2) is 4.66. The Balaban J connectivity index is 2.37. The van der Waals surface area contributed by atoms with Gasteiger partial charge in [0.05, 0.1) is 10.7 Å². The minimum atomic E-state index is -1.59. The summed E-state index contributed by atoms with van der Waals surface area (Å²) in [6, 6.07) is 4.31. The number of benzene rings is 1. The molecule has 0 aromatic heterocycles. The van der Waals surface area contributed by atoms with Crippen molar-refractivity contribution in [1.82, 2.24) is 0 Å². The van der Waals surface area contributed by atoms with Crippen LogP contribution in [0.4, 0.5) is 5.69 Å². The second-order valence-electron chi connectivity index (χ2n) is 4.05. The number of hydrogen-bond acceptors (Lipinski definition) is 4. The Labute approximate surface area is 104 Å². The third kappa shape index (κ3) is 2.45. The molecule has 0 aliphatic carbocycles. The minimum Gasteiger partial charge on any atom is -0.423 e. The molecule has 1 unspecified atom stereocenters. The molecule has 0 spiro atoms. The van der Waals surface area contributed by atoms with Gasteiger partial charge in [-0.1, -0.05) is 17.7 Å². The smallest absolute Gasteiger partial charge is 0.423 e. The van der Waals surface area contributed by atoms with Crippen LogP contribution in [0.1, 0.15) is 6.42 Å². The molecule has 1 amide bonds. The van der Waals surface area contributed by atoms with Crippen molar-refractivity contribution in [3.05, 3.63) is 23.2 Å². The molecule has 1 aliphatic heterocycles. The Morgan fingerprint density at radius 1 is 1.47 bits per heavy atom. The van der Waals surface area contributed by atoms with Crippen LogP contribution < -0.4 is 16.1 Å². The minimum absolute atomic E-state index is 0.107. The predicted octanol–water partition coefficient (Wildman–Crippen LogP) is -0.916. The standard InChI is InChI=1S/C10H12BClN2O3/c12-8-2-1-6(11(16)17)3-9(8)14-5-7(13)4-10(14)15/h1-3,7,16-17H,4-5,13H2. The van der Waals surface area contributed by atoms with Gasteiger partial charge in [0, 0.05) is 19.0 Å². The van der Waals surface area contributed by atoms with E-state index in [1.165, 1.54) is 23.1 Å². The van der Waals surface area contributed by atoms with Crippen molar-refractivity contribution in [2.45, 2.75) is 12.5 Å². The molecular formula is C10H12BClN2O3. The molecule has 1 heterocycles. The number of halogens is 1. The molecular weight excluding hydrogens is 242 g/mol. The van der Waals surface area contributed by atoms with Crippen LogP contribution in [0, 0.1) is 0 Å². The van der Waals surface area contributed by atoms with E-state index in [2.05, 4.69) is 0 Å². The second-order valence-corrected chi connectivity index (χ2v) is 4.46. The molecule has 1 atom stereocenters. The fraction of sp³-hybridized carbons (Fsp3) is 0.300. The van der Waals surface area contributed by atoms with Gasteiger partial charge in [-0.3, -0.25) is 4.79 Å². The Kier molecular flexibility index (Phi) is 3.39. The van der Waals surface area contributed by atoms with E-state index in [-0.39, 0.29) is 23.8 Å². The third-order valence-corrected chi connectivity index (χ3v) is 3.03. The van der Waals surface area contributed by atoms with E-state index >= 15 is 0 Å². The van der Waals surface area contributed by atoms with Crippen LogP contribution in [0.25, 0.3) is 0 Å². The number of carbonyl (C=O) groups excluding carboxylic acids is 1. The first-order valence-corrected chi connectivity index (χ1v) is 5.58. The van der Waals surface area contributed by atoms with Gasteiger partial charge in [-0.2, -0.15) is 0 Å². The van der Waals surface area contributed by atoms with E-state index in [0.29, 0.717) is 17.3 Å². The normalized spacial score (nSPS) is 19.9. The van der Waals surface area contributed by atoms with Crippen LogP contribution >= 0.6 is 11.6 Å². The average Bonchev–Trinajstić information content (AvgIpc) is 2.58. The van der Waals surface area contributed by atoms with Crippen molar-refractivity contribution >= 4 is 35.8 Å². The molecule has 0 bridgehead atoms. The number of amides is 1. The Bertz CT molecular complexity index is 455. The van der Waals surface area contributed by atoms with Gasteiger partial charge < -0.3 is 20.7 Å². The molecule has 1 saturated heterocycles. The average molecular weight is 254 g/mol. The summed E-state index contributed by atoms with van der Waals surface area (Å²) in [6.45, 7) is 0.392. The molecule has 1 aliphatic rings. The van der Waals surface area contributed by atoms with Crippen molar-refractivity contribution < 1.29 is 14.8 Å². The number of rotatable bonds is 2. The largest absolute Gasteiger partial charge is 0.488 e. The Morgan fingerprint density at radius 2 is 2.18 bits per heavy atom. The van der Waals surface area contributed by atoms with Crippen molar-refractivity contribution in [1.29, 1.82) is 0 Å². The maximum atomic E-state index is 11.7. The zero-order valence-corrected chi connectivity index (χ0v) is 9.76. The highest BCUT2D eigenvalue weighted by Crippen LogP contribution is 2.28. The topological polar surface area (TPSA) is 86.8 Å². The van der Waals surface area contributed by atoms with Gasteiger partial charge >= 0.3 is 7.12 Å². The SMILES string of the molecule is NC1CC(=O)N(c2cc(B(O)O)ccc2Cl)C1. The lowest BCUT2D eigenvalue weighted by Crippen LogP contribution is -2.33. The predicted molar refractivity (Wildman–Crippen MR) is 66.2 cm³/mol. The van der Waals surface area contributed by atoms with Crippen molar-refractivity contribution in [3.63, 3.8) is 0 Å². The number of nitrogens with two attached hydrogens (primary N) is 1. The highest BCUT2D eigenvalue weighted by Gasteiger charge is 2.30. The summed E-state index contributed by atoms with van der Waals surface area (Å²) >= 11 is 6.00. The summed E-state index contributed by atoms with van der Waals surface area (Å²) in [6.07, 6.45) is 0.280. The number of anilines is 1. The molecule has 1 fully saturated rings. The first-order chi connectivity index (χ1) is 7.99. The van der Waals surface area contributed by atoms with Crippen molar-refractivity contribution in [2.75, 3.05) is 11.4 Å². The first kappa shape index (κ1) is 12.4. The summed E-state index contributed by atoms with van der Waals surface area (Å²) in [5, 5.41) is 18.6. The fourth-order valence-electron chi connectivity index (χ4n) is 1.87. The maximum Gasteiger partial charge on any atom is 0.488 e. The molecule has 1 aromatic rings. The Morgan fingerprint density at radius 3 is 2.71 bits per heavy atom. The summed E-state index contributed by atoms with van der Waals surface area (Å²) in [7, 11) is -1.59. The van der Waals surface area contributed by atoms with E-state index < -0.39 is 7.12 Å². The zero-order chi connectivity index (χ0) is 12.6. The quantitative estimate of drug-likeness (QED) is 0.596. The molecule has 4 N–H and O–H groups in total. The van der Waals surface area contributed by atoms with Crippen LogP contribution in [0.2, 0.25) is 5.02 Å². The van der Waals surface area contributed by atoms with Crippen LogP contribution in [-0.4, -0.2) is 35.7 Å². The molecule has 0 saturated carbocycles. The van der Waals surface area contributed by atoms with E-state index in [9.17, 15) is 4.79 Å². The van der Waals surface area contributed by atoms with Crippen molar-refractivity contribution in [3.8, 4) is 0 Å². The summed E-state index contributed by atoms with van der Waals surface area (Å²) in [5.41, 5.74) is 6.45. The molecule has 0 radical (unpaired) electrons. The van der Waals surface area contributed by atoms with E-state index in [4.69, 9.17) is 27.4 Å². The van der Waals surface area contributed by atoms with E-state index in [1.807, 2.05) is 0 Å². The summed E-state index contributed by atoms with van der Waals surface area (Å²) in [4.78, 5) is 13.2. The van der Waals surface area contributed by atoms with Crippen molar-refractivity contribution in [2.24, 2.45) is 5.73 Å². The van der Waals surface area contributed by atoms with Gasteiger partial charge in [-0.05, 0) is 17.6 Å². The molecule has 1 aromatic carbocycles. The van der Waals surface area contributed by atoms with Gasteiger partial charge in [-0.15, -0.1) is 0 Å². The van der Waals surface area contributed by atoms with Gasteiger partial charge in [0.25, 0.3) is 0 Å². The Hall–Kier alpha value is -1.08. The maximum absolute atomic E-state index is 11.7. The molecule has 5 nitrogen and oxygen atoms in total. The fourth-order valence-corrected chi connectivity index (χ4v) is 2.08. The monoisotopic (exact) mass is 254 g/mol. The number of nitrogens with zero attached hydrogens (tertiary/aromatic N) is 1. The summed E-state index contributed by atoms with van der Waals surface area (Å²) < 4.78 is 0. The third-order valence-electron chi connectivity index (χ3n) is 2.71. The van der Waals surface area contributed by atoms with E-state index in [1.54, 1.807) is 0 Å². The molecule has 17 heavy (non-hydrogen) atoms. The lowest BCUT2D eigenvalue weighted by Gasteiger charge is -2.18. The lowest BCUT2D eigenvalue weighted by molar-refractivity contribution is -0.117. The highest BCUT2D eigenvalue weighted by molar-refractivity contribution is 6.59. The van der Waals surface area contributed by atoms with Crippen LogP contribution in [0.5, 0.6) is 0 Å². The van der Waals surface area contributed by atoms with Gasteiger partial charge in [-0.25, -0.2) is 0 Å². The molecule has 7 heteroatoms. The molecule has 90 valence electrons. The number of carbonyl (C=O) groups is 1. The zero-order valence-electron chi connectivity index (χ0n) is 9.01. The van der Waals surface area contributed by atoms with Gasteiger partial charge in [0.2, 0.25) is 5.91 Å². The number of hydrogen-bond donors (Lipinski definition) is 3. The lowest BCUT2D eigenvalue weighted by atomic mass is 9.80. The summed E-state index contributed by atoms with van der Waals surface area (Å²) in [5.74, 6) is -0.107. The van der Waals surface area contributed by atoms with Crippen LogP contribution in [-0.2, 0) is 4.79 Å². The molecule has 2 rings (SSSR count). The van der Waals surface area contributed by atoms with Gasteiger partial charge in [0.15, 0.2) is 0 Å². The highest BCUT2D eigenvalue weighted by atomic mass is 35.5.